The molecule has 0 radical (unpaired) electrons. The van der Waals surface area contributed by atoms with Crippen LogP contribution in [-0.4, -0.2) is 41.0 Å². The van der Waals surface area contributed by atoms with E-state index in [4.69, 9.17) is 0 Å². The largest absolute Gasteiger partial charge is 0.362 e. The van der Waals surface area contributed by atoms with Gasteiger partial charge in [-0.25, -0.2) is 4.98 Å². The molecule has 1 aliphatic heterocycles. The maximum absolute atomic E-state index is 11.2. The minimum absolute atomic E-state index is 0.234. The minimum Gasteiger partial charge on any atom is -0.362 e. The van der Waals surface area contributed by atoms with Gasteiger partial charge < -0.3 is 9.80 Å². The normalized spacial score (nSPS) is 14.8. The van der Waals surface area contributed by atoms with Gasteiger partial charge in [0.05, 0.1) is 15.9 Å². The number of thiazole rings is 1. The highest BCUT2D eigenvalue weighted by Gasteiger charge is 2.26. The van der Waals surface area contributed by atoms with Crippen molar-refractivity contribution in [1.82, 2.24) is 4.98 Å². The maximum Gasteiger partial charge on any atom is 0.299 e. The fourth-order valence-corrected chi connectivity index (χ4v) is 3.25. The average molecular weight is 335 g/mol. The van der Waals surface area contributed by atoms with E-state index in [9.17, 15) is 20.2 Å². The van der Waals surface area contributed by atoms with Gasteiger partial charge >= 0.3 is 0 Å². The van der Waals surface area contributed by atoms with Gasteiger partial charge in [-0.05, 0) is 6.07 Å². The number of piperazine rings is 1. The number of nitro benzene ring substituents is 2. The van der Waals surface area contributed by atoms with Gasteiger partial charge in [0.15, 0.2) is 5.13 Å². The molecule has 0 bridgehead atoms. The van der Waals surface area contributed by atoms with Gasteiger partial charge in [0, 0.05) is 43.8 Å². The standard InChI is InChI=1S/C13H13N5O4S/c19-17(20)10-1-2-11(12(9-10)18(21)22)15-4-6-16(7-5-15)13-14-3-8-23-13/h1-3,8-9H,4-7H2. The van der Waals surface area contributed by atoms with E-state index in [0.717, 1.165) is 11.2 Å². The zero-order valence-electron chi connectivity index (χ0n) is 12.0. The maximum atomic E-state index is 11.2. The van der Waals surface area contributed by atoms with Crippen molar-refractivity contribution in [1.29, 1.82) is 0 Å². The van der Waals surface area contributed by atoms with Crippen LogP contribution in [0.25, 0.3) is 0 Å². The topological polar surface area (TPSA) is 106 Å². The van der Waals surface area contributed by atoms with Gasteiger partial charge in [-0.2, -0.15) is 0 Å². The minimum atomic E-state index is -0.628. The Morgan fingerprint density at radius 3 is 2.30 bits per heavy atom. The third-order valence-corrected chi connectivity index (χ3v) is 4.51. The Kier molecular flexibility index (Phi) is 4.06. The summed E-state index contributed by atoms with van der Waals surface area (Å²) in [7, 11) is 0. The van der Waals surface area contributed by atoms with E-state index in [1.807, 2.05) is 10.3 Å². The molecular weight excluding hydrogens is 322 g/mol. The summed E-state index contributed by atoms with van der Waals surface area (Å²) in [6, 6.07) is 3.77. The number of non-ortho nitro benzene ring substituents is 1. The van der Waals surface area contributed by atoms with E-state index in [1.54, 1.807) is 17.5 Å². The lowest BCUT2D eigenvalue weighted by Crippen LogP contribution is -2.46. The summed E-state index contributed by atoms with van der Waals surface area (Å²) in [6.07, 6.45) is 1.74. The molecule has 10 heteroatoms. The highest BCUT2D eigenvalue weighted by atomic mass is 32.1. The molecule has 0 amide bonds. The second kappa shape index (κ2) is 6.16. The van der Waals surface area contributed by atoms with E-state index in [1.165, 1.54) is 12.1 Å². The molecule has 0 unspecified atom stereocenters. The van der Waals surface area contributed by atoms with Crippen LogP contribution in [0.3, 0.4) is 0 Å². The van der Waals surface area contributed by atoms with Gasteiger partial charge in [0.1, 0.15) is 5.69 Å². The van der Waals surface area contributed by atoms with Crippen molar-refractivity contribution in [2.45, 2.75) is 0 Å². The number of nitrogens with zero attached hydrogens (tertiary/aromatic N) is 5. The van der Waals surface area contributed by atoms with Crippen molar-refractivity contribution in [3.63, 3.8) is 0 Å². The summed E-state index contributed by atoms with van der Waals surface area (Å²) >= 11 is 1.55. The van der Waals surface area contributed by atoms with E-state index in [-0.39, 0.29) is 11.4 Å². The first-order chi connectivity index (χ1) is 11.1. The van der Waals surface area contributed by atoms with Crippen molar-refractivity contribution in [2.24, 2.45) is 0 Å². The van der Waals surface area contributed by atoms with Crippen molar-refractivity contribution >= 4 is 33.5 Å². The summed E-state index contributed by atoms with van der Waals surface area (Å²) in [5.74, 6) is 0. The second-order valence-electron chi connectivity index (χ2n) is 4.98. The Hall–Kier alpha value is -2.75. The zero-order chi connectivity index (χ0) is 16.4. The molecule has 1 aromatic carbocycles. The van der Waals surface area contributed by atoms with Gasteiger partial charge in [-0.3, -0.25) is 20.2 Å². The molecule has 1 fully saturated rings. The third kappa shape index (κ3) is 3.06. The summed E-state index contributed by atoms with van der Waals surface area (Å²) in [4.78, 5) is 29.1. The molecule has 0 aliphatic carbocycles. The van der Waals surface area contributed by atoms with Gasteiger partial charge in [0.2, 0.25) is 0 Å². The number of anilines is 2. The average Bonchev–Trinajstić information content (AvgIpc) is 3.09. The number of hydrogen-bond acceptors (Lipinski definition) is 8. The zero-order valence-corrected chi connectivity index (χ0v) is 12.8. The van der Waals surface area contributed by atoms with Crippen LogP contribution in [0.15, 0.2) is 29.8 Å². The van der Waals surface area contributed by atoms with Crippen LogP contribution in [0.5, 0.6) is 0 Å². The molecule has 1 aliphatic rings. The van der Waals surface area contributed by atoms with Crippen molar-refractivity contribution < 1.29 is 9.85 Å². The fourth-order valence-electron chi connectivity index (χ4n) is 2.55. The number of hydrogen-bond donors (Lipinski definition) is 0. The molecule has 2 heterocycles. The Labute approximate surface area is 135 Å². The molecule has 3 rings (SSSR count). The summed E-state index contributed by atoms with van der Waals surface area (Å²) in [6.45, 7) is 2.58. The first-order valence-electron chi connectivity index (χ1n) is 6.88. The second-order valence-corrected chi connectivity index (χ2v) is 5.85. The predicted octanol–water partition coefficient (Wildman–Crippen LogP) is 2.29. The van der Waals surface area contributed by atoms with Crippen LogP contribution >= 0.6 is 11.3 Å². The third-order valence-electron chi connectivity index (χ3n) is 3.68. The number of aromatic nitrogens is 1. The van der Waals surface area contributed by atoms with Crippen molar-refractivity contribution in [3.05, 3.63) is 50.0 Å². The van der Waals surface area contributed by atoms with E-state index >= 15 is 0 Å². The van der Waals surface area contributed by atoms with E-state index in [0.29, 0.717) is 31.9 Å². The van der Waals surface area contributed by atoms with Crippen LogP contribution in [0.4, 0.5) is 22.2 Å². The lowest BCUT2D eigenvalue weighted by molar-refractivity contribution is -0.393. The SMILES string of the molecule is O=[N+]([O-])c1ccc(N2CCN(c3nccs3)CC2)c([N+](=O)[O-])c1. The number of nitro groups is 2. The highest BCUT2D eigenvalue weighted by molar-refractivity contribution is 7.13. The van der Waals surface area contributed by atoms with Crippen molar-refractivity contribution in [2.75, 3.05) is 36.0 Å². The predicted molar refractivity (Wildman–Crippen MR) is 86.3 cm³/mol. The molecule has 9 nitrogen and oxygen atoms in total. The molecule has 1 saturated heterocycles. The van der Waals surface area contributed by atoms with E-state index < -0.39 is 9.85 Å². The molecule has 0 spiro atoms. The van der Waals surface area contributed by atoms with Gasteiger partial charge in [-0.15, -0.1) is 11.3 Å². The summed E-state index contributed by atoms with van der Waals surface area (Å²) in [5.41, 5.74) is -0.0943. The monoisotopic (exact) mass is 335 g/mol. The lowest BCUT2D eigenvalue weighted by atomic mass is 10.2. The van der Waals surface area contributed by atoms with Crippen LogP contribution in [0.2, 0.25) is 0 Å². The van der Waals surface area contributed by atoms with Gasteiger partial charge in [-0.1, -0.05) is 0 Å². The fraction of sp³-hybridized carbons (Fsp3) is 0.308. The summed E-state index contributed by atoms with van der Waals surface area (Å²) in [5, 5.41) is 24.9. The quantitative estimate of drug-likeness (QED) is 0.623. The molecule has 120 valence electrons. The lowest BCUT2D eigenvalue weighted by Gasteiger charge is -2.35. The Bertz CT molecular complexity index is 728. The van der Waals surface area contributed by atoms with Gasteiger partial charge in [0.25, 0.3) is 11.4 Å². The first kappa shape index (κ1) is 15.2. The number of benzene rings is 1. The van der Waals surface area contributed by atoms with Crippen LogP contribution in [0.1, 0.15) is 0 Å². The molecule has 0 saturated carbocycles. The molecule has 1 aromatic heterocycles. The number of rotatable bonds is 4. The molecule has 0 N–H and O–H groups in total. The summed E-state index contributed by atoms with van der Waals surface area (Å²) < 4.78 is 0. The molecule has 2 aromatic rings. The van der Waals surface area contributed by atoms with Crippen LogP contribution < -0.4 is 9.80 Å². The molecular formula is C13H13N5O4S. The van der Waals surface area contributed by atoms with E-state index in [2.05, 4.69) is 9.88 Å². The Morgan fingerprint density at radius 1 is 1.04 bits per heavy atom. The Morgan fingerprint density at radius 2 is 1.74 bits per heavy atom. The Balaban J connectivity index is 1.80. The highest BCUT2D eigenvalue weighted by Crippen LogP contribution is 2.33. The molecule has 23 heavy (non-hydrogen) atoms. The van der Waals surface area contributed by atoms with Crippen LogP contribution in [-0.2, 0) is 0 Å². The smallest absolute Gasteiger partial charge is 0.299 e. The van der Waals surface area contributed by atoms with Crippen molar-refractivity contribution in [3.8, 4) is 0 Å². The first-order valence-corrected chi connectivity index (χ1v) is 7.76. The molecule has 0 atom stereocenters. The van der Waals surface area contributed by atoms with Crippen LogP contribution in [0, 0.1) is 20.2 Å².